The van der Waals surface area contributed by atoms with Gasteiger partial charge < -0.3 is 0 Å². The van der Waals surface area contributed by atoms with Gasteiger partial charge >= 0.3 is 0 Å². The van der Waals surface area contributed by atoms with Crippen molar-refractivity contribution >= 4 is 72.9 Å². The Labute approximate surface area is 315 Å². The van der Waals surface area contributed by atoms with Crippen molar-refractivity contribution in [3.63, 3.8) is 0 Å². The maximum Gasteiger partial charge on any atom is 0.0273 e. The van der Waals surface area contributed by atoms with E-state index in [1.165, 1.54) is 0 Å². The van der Waals surface area contributed by atoms with E-state index in [1.54, 1.807) is 0 Å². The highest BCUT2D eigenvalue weighted by atomic mass is 14.6. The third-order valence-corrected chi connectivity index (χ3v) is 8.63. The summed E-state index contributed by atoms with van der Waals surface area (Å²) >= 11 is 0. The van der Waals surface area contributed by atoms with Gasteiger partial charge in [0.25, 0.3) is 0 Å². The monoisotopic (exact) mass is 696 g/mol. The lowest BCUT2D eigenvalue weighted by Crippen LogP contribution is -2.01. The van der Waals surface area contributed by atoms with Crippen LogP contribution in [-0.2, 0) is 0 Å². The van der Waals surface area contributed by atoms with Gasteiger partial charge in [-0.25, -0.2) is 0 Å². The number of pyridine rings is 6. The molecule has 6 aromatic heterocycles. The first-order valence-electron chi connectivity index (χ1n) is 17.5. The summed E-state index contributed by atoms with van der Waals surface area (Å²) in [5.41, 5.74) is 12.6. The van der Waals surface area contributed by atoms with E-state index in [0.717, 1.165) is 66.8 Å². The summed E-state index contributed by atoms with van der Waals surface area (Å²) in [7, 11) is 0. The molecule has 6 nitrogen and oxygen atoms in total. The van der Waals surface area contributed by atoms with Crippen molar-refractivity contribution in [3.05, 3.63) is 214 Å². The van der Waals surface area contributed by atoms with Gasteiger partial charge in [-0.3, -0.25) is 29.9 Å². The maximum atomic E-state index is 4.25. The predicted molar refractivity (Wildman–Crippen MR) is 225 cm³/mol. The van der Waals surface area contributed by atoms with Crippen LogP contribution in [0.15, 0.2) is 147 Å². The quantitative estimate of drug-likeness (QED) is 0.127. The van der Waals surface area contributed by atoms with Gasteiger partial charge in [0.2, 0.25) is 0 Å². The van der Waals surface area contributed by atoms with Crippen LogP contribution in [0.4, 0.5) is 0 Å². The third-order valence-electron chi connectivity index (χ3n) is 8.63. The van der Waals surface area contributed by atoms with Crippen LogP contribution in [0.5, 0.6) is 0 Å². The molecule has 0 amide bonds. The van der Waals surface area contributed by atoms with E-state index in [2.05, 4.69) is 103 Å². The molecule has 0 spiro atoms. The number of nitrogens with zero attached hydrogens (tertiary/aromatic N) is 6. The minimum absolute atomic E-state index is 1.04. The molecule has 0 aliphatic heterocycles. The van der Waals surface area contributed by atoms with Crippen molar-refractivity contribution < 1.29 is 0 Å². The number of hydrogen-bond donors (Lipinski definition) is 0. The number of benzene rings is 1. The van der Waals surface area contributed by atoms with E-state index >= 15 is 0 Å². The molecule has 0 radical (unpaired) electrons. The molecule has 1 aromatic carbocycles. The minimum Gasteiger partial charge on any atom is -0.265 e. The van der Waals surface area contributed by atoms with Crippen molar-refractivity contribution in [1.29, 1.82) is 0 Å². The third kappa shape index (κ3) is 9.46. The molecule has 258 valence electrons. The van der Waals surface area contributed by atoms with Crippen molar-refractivity contribution in [2.24, 2.45) is 0 Å². The molecule has 0 aliphatic carbocycles. The zero-order chi connectivity index (χ0) is 36.6. The number of aromatic nitrogens is 6. The Morgan fingerprint density at radius 3 is 0.444 bits per heavy atom. The summed E-state index contributed by atoms with van der Waals surface area (Å²) in [6, 6.07) is 24.1. The summed E-state index contributed by atoms with van der Waals surface area (Å²) in [5, 5.41) is 0. The molecule has 0 N–H and O–H groups in total. The van der Waals surface area contributed by atoms with Crippen LogP contribution in [0.25, 0.3) is 72.9 Å². The zero-order valence-electron chi connectivity index (χ0n) is 29.5. The Hall–Kier alpha value is -7.44. The van der Waals surface area contributed by atoms with Crippen molar-refractivity contribution in [2.75, 3.05) is 0 Å². The Morgan fingerprint density at radius 1 is 0.185 bits per heavy atom. The molecule has 6 heterocycles. The van der Waals surface area contributed by atoms with Gasteiger partial charge in [0, 0.05) is 74.4 Å². The highest BCUT2D eigenvalue weighted by Crippen LogP contribution is 2.37. The highest BCUT2D eigenvalue weighted by Gasteiger charge is 2.18. The van der Waals surface area contributed by atoms with Crippen LogP contribution in [0.3, 0.4) is 0 Å². The predicted octanol–water partition coefficient (Wildman–Crippen LogP) is 11.1. The van der Waals surface area contributed by atoms with E-state index < -0.39 is 0 Å². The van der Waals surface area contributed by atoms with Crippen molar-refractivity contribution in [2.45, 2.75) is 0 Å². The second-order valence-electron chi connectivity index (χ2n) is 12.2. The highest BCUT2D eigenvalue weighted by molar-refractivity contribution is 5.99. The first-order chi connectivity index (χ1) is 26.8. The molecule has 0 fully saturated rings. The Bertz CT molecular complexity index is 1960. The number of hydrogen-bond acceptors (Lipinski definition) is 6. The van der Waals surface area contributed by atoms with Gasteiger partial charge in [-0.15, -0.1) is 0 Å². The van der Waals surface area contributed by atoms with Gasteiger partial charge in [0.05, 0.1) is 0 Å². The van der Waals surface area contributed by atoms with Gasteiger partial charge in [-0.05, 0) is 140 Å². The normalized spacial score (nSPS) is 12.0. The lowest BCUT2D eigenvalue weighted by atomic mass is 9.84. The average molecular weight is 697 g/mol. The fourth-order valence-electron chi connectivity index (χ4n) is 5.87. The van der Waals surface area contributed by atoms with Crippen LogP contribution in [0.2, 0.25) is 0 Å². The van der Waals surface area contributed by atoms with Crippen LogP contribution in [-0.4, -0.2) is 29.9 Å². The largest absolute Gasteiger partial charge is 0.265 e. The smallest absolute Gasteiger partial charge is 0.0273 e. The standard InChI is InChI=1S/C48H36N6/c1(37-13-25-49-26-14-37)7-43-44(8-2-38-15-27-50-28-16-38)46(10-4-40-19-31-52-32-20-40)48(12-6-42-23-35-54-36-24-42)47(11-5-41-21-33-53-34-22-41)45(43)9-3-39-17-29-51-30-18-39/h1-36H. The molecule has 7 rings (SSSR count). The molecule has 0 saturated carbocycles. The second kappa shape index (κ2) is 18.2. The van der Waals surface area contributed by atoms with Crippen molar-refractivity contribution in [3.8, 4) is 0 Å². The average Bonchev–Trinajstić information content (AvgIpc) is 3.24. The molecule has 0 atom stereocenters. The molecule has 0 bridgehead atoms. The van der Waals surface area contributed by atoms with E-state index in [9.17, 15) is 0 Å². The molecule has 0 aliphatic rings. The first kappa shape index (κ1) is 35.0. The zero-order valence-corrected chi connectivity index (χ0v) is 29.5. The Kier molecular flexibility index (Phi) is 11.8. The summed E-state index contributed by atoms with van der Waals surface area (Å²) in [4.78, 5) is 25.5. The molecule has 0 saturated heterocycles. The topological polar surface area (TPSA) is 77.3 Å². The molecule has 6 heteroatoms. The van der Waals surface area contributed by atoms with Crippen LogP contribution in [0.1, 0.15) is 66.8 Å². The molecular weight excluding hydrogens is 661 g/mol. The van der Waals surface area contributed by atoms with Crippen molar-refractivity contribution in [1.82, 2.24) is 29.9 Å². The summed E-state index contributed by atoms with van der Waals surface area (Å²) in [6.07, 6.45) is 47.8. The van der Waals surface area contributed by atoms with Gasteiger partial charge in [-0.1, -0.05) is 72.9 Å². The maximum absolute atomic E-state index is 4.25. The van der Waals surface area contributed by atoms with E-state index in [0.29, 0.717) is 0 Å². The number of rotatable bonds is 12. The fraction of sp³-hybridized carbons (Fsp3) is 0. The first-order valence-corrected chi connectivity index (χ1v) is 17.5. The van der Waals surface area contributed by atoms with Gasteiger partial charge in [0.15, 0.2) is 0 Å². The molecule has 7 aromatic rings. The SMILES string of the molecule is C(=Cc1c(C=Cc2ccncc2)c(C=Cc2ccncc2)c(C=Cc2ccncc2)c(C=Cc2ccncc2)c1C=Cc1ccncc1)c1ccncc1. The van der Waals surface area contributed by atoms with E-state index in [-0.39, 0.29) is 0 Å². The Morgan fingerprint density at radius 2 is 0.315 bits per heavy atom. The fourth-order valence-corrected chi connectivity index (χ4v) is 5.87. The van der Waals surface area contributed by atoms with Gasteiger partial charge in [-0.2, -0.15) is 0 Å². The Balaban J connectivity index is 1.58. The summed E-state index contributed by atoms with van der Waals surface area (Å²) in [6.45, 7) is 0. The van der Waals surface area contributed by atoms with Crippen LogP contribution in [0, 0.1) is 0 Å². The molecule has 0 unspecified atom stereocenters. The van der Waals surface area contributed by atoms with E-state index in [1.807, 2.05) is 147 Å². The van der Waals surface area contributed by atoms with Gasteiger partial charge in [0.1, 0.15) is 0 Å². The second-order valence-corrected chi connectivity index (χ2v) is 12.2. The van der Waals surface area contributed by atoms with E-state index in [4.69, 9.17) is 0 Å². The molecular formula is C48H36N6. The van der Waals surface area contributed by atoms with Crippen LogP contribution < -0.4 is 0 Å². The summed E-state index contributed by atoms with van der Waals surface area (Å²) in [5.74, 6) is 0. The minimum atomic E-state index is 1.04. The molecule has 54 heavy (non-hydrogen) atoms. The lowest BCUT2D eigenvalue weighted by Gasteiger charge is -2.20. The van der Waals surface area contributed by atoms with Crippen LogP contribution >= 0.6 is 0 Å². The summed E-state index contributed by atoms with van der Waals surface area (Å²) < 4.78 is 0. The lowest BCUT2D eigenvalue weighted by molar-refractivity contribution is 1.32.